The van der Waals surface area contributed by atoms with Gasteiger partial charge in [-0.1, -0.05) is 31.0 Å². The maximum atomic E-state index is 11.7. The number of halogens is 1. The average Bonchev–Trinajstić information content (AvgIpc) is 2.36. The Morgan fingerprint density at radius 1 is 1.42 bits per heavy atom. The second kappa shape index (κ2) is 8.77. The van der Waals surface area contributed by atoms with Crippen LogP contribution < -0.4 is 10.6 Å². The third-order valence-electron chi connectivity index (χ3n) is 2.87. The molecule has 0 saturated carbocycles. The number of anilines is 1. The summed E-state index contributed by atoms with van der Waals surface area (Å²) in [5.74, 6) is 0.320. The van der Waals surface area contributed by atoms with Crippen LogP contribution in [-0.4, -0.2) is 24.3 Å². The Hall–Kier alpha value is -1.26. The van der Waals surface area contributed by atoms with Crippen molar-refractivity contribution < 1.29 is 9.90 Å². The van der Waals surface area contributed by atoms with Crippen LogP contribution in [0.3, 0.4) is 0 Å². The minimum absolute atomic E-state index is 0.155. The van der Waals surface area contributed by atoms with Crippen LogP contribution in [0.5, 0.6) is 0 Å². The highest BCUT2D eigenvalue weighted by Crippen LogP contribution is 2.15. The van der Waals surface area contributed by atoms with Crippen molar-refractivity contribution in [2.45, 2.75) is 26.2 Å². The van der Waals surface area contributed by atoms with Crippen molar-refractivity contribution in [3.8, 4) is 0 Å². The molecule has 0 radical (unpaired) electrons. The number of nitrogens with one attached hydrogen (secondary N) is 2. The molecule has 0 spiro atoms. The van der Waals surface area contributed by atoms with E-state index in [2.05, 4.69) is 17.6 Å². The maximum Gasteiger partial charge on any atom is 0.319 e. The molecule has 19 heavy (non-hydrogen) atoms. The molecule has 1 atom stereocenters. The van der Waals surface area contributed by atoms with Gasteiger partial charge in [0.15, 0.2) is 0 Å². The summed E-state index contributed by atoms with van der Waals surface area (Å²) in [6, 6.07) is 6.76. The van der Waals surface area contributed by atoms with E-state index in [0.29, 0.717) is 29.6 Å². The summed E-state index contributed by atoms with van der Waals surface area (Å²) in [5.41, 5.74) is 0.666. The van der Waals surface area contributed by atoms with Gasteiger partial charge in [-0.25, -0.2) is 4.79 Å². The molecule has 4 nitrogen and oxygen atoms in total. The Morgan fingerprint density at radius 2 is 2.21 bits per heavy atom. The topological polar surface area (TPSA) is 61.4 Å². The second-order valence-electron chi connectivity index (χ2n) is 4.51. The fourth-order valence-corrected chi connectivity index (χ4v) is 2.11. The summed E-state index contributed by atoms with van der Waals surface area (Å²) in [4.78, 5) is 11.7. The summed E-state index contributed by atoms with van der Waals surface area (Å²) in [7, 11) is 0. The lowest BCUT2D eigenvalue weighted by atomic mass is 10.0. The van der Waals surface area contributed by atoms with E-state index in [1.165, 1.54) is 0 Å². The molecule has 0 bridgehead atoms. The molecule has 3 N–H and O–H groups in total. The molecule has 1 unspecified atom stereocenters. The summed E-state index contributed by atoms with van der Waals surface area (Å²) in [6.07, 6.45) is 2.76. The second-order valence-corrected chi connectivity index (χ2v) is 4.95. The minimum Gasteiger partial charge on any atom is -0.396 e. The standard InChI is InChI=1S/C14H21ClN2O2/c1-2-4-11(7-8-18)10-16-14(19)17-13-6-3-5-12(15)9-13/h3,5-6,9,11,18H,2,4,7-8,10H2,1H3,(H2,16,17,19). The van der Waals surface area contributed by atoms with Crippen LogP contribution in [0.2, 0.25) is 5.02 Å². The van der Waals surface area contributed by atoms with E-state index in [-0.39, 0.29) is 12.6 Å². The Labute approximate surface area is 119 Å². The Kier molecular flexibility index (Phi) is 7.30. The summed E-state index contributed by atoms with van der Waals surface area (Å²) >= 11 is 5.84. The van der Waals surface area contributed by atoms with Crippen LogP contribution >= 0.6 is 11.6 Å². The third-order valence-corrected chi connectivity index (χ3v) is 3.10. The predicted octanol–water partition coefficient (Wildman–Crippen LogP) is 3.26. The summed E-state index contributed by atoms with van der Waals surface area (Å²) in [5, 5.41) is 15.1. The van der Waals surface area contributed by atoms with Crippen molar-refractivity contribution in [1.82, 2.24) is 5.32 Å². The molecule has 0 aliphatic carbocycles. The molecule has 0 aliphatic heterocycles. The normalized spacial score (nSPS) is 11.9. The molecule has 106 valence electrons. The number of carbonyl (C=O) groups excluding carboxylic acids is 1. The first-order valence-corrected chi connectivity index (χ1v) is 6.94. The Balaban J connectivity index is 2.38. The number of hydrogen-bond acceptors (Lipinski definition) is 2. The molecule has 1 aromatic carbocycles. The van der Waals surface area contributed by atoms with Crippen molar-refractivity contribution in [2.75, 3.05) is 18.5 Å². The van der Waals surface area contributed by atoms with Crippen LogP contribution in [0, 0.1) is 5.92 Å². The van der Waals surface area contributed by atoms with E-state index < -0.39 is 0 Å². The number of carbonyl (C=O) groups is 1. The quantitative estimate of drug-likeness (QED) is 0.720. The predicted molar refractivity (Wildman–Crippen MR) is 78.6 cm³/mol. The number of amides is 2. The van der Waals surface area contributed by atoms with Gasteiger partial charge in [0.1, 0.15) is 0 Å². The van der Waals surface area contributed by atoms with Gasteiger partial charge in [-0.2, -0.15) is 0 Å². The van der Waals surface area contributed by atoms with E-state index in [4.69, 9.17) is 16.7 Å². The van der Waals surface area contributed by atoms with Crippen molar-refractivity contribution in [3.05, 3.63) is 29.3 Å². The highest BCUT2D eigenvalue weighted by atomic mass is 35.5. The van der Waals surface area contributed by atoms with Crippen LogP contribution in [0.4, 0.5) is 10.5 Å². The van der Waals surface area contributed by atoms with Crippen molar-refractivity contribution in [2.24, 2.45) is 5.92 Å². The van der Waals surface area contributed by atoms with E-state index in [9.17, 15) is 4.79 Å². The molecular weight excluding hydrogens is 264 g/mol. The zero-order valence-corrected chi connectivity index (χ0v) is 11.9. The van der Waals surface area contributed by atoms with Gasteiger partial charge >= 0.3 is 6.03 Å². The lowest BCUT2D eigenvalue weighted by Gasteiger charge is -2.16. The molecule has 2 amide bonds. The molecule has 1 aromatic rings. The van der Waals surface area contributed by atoms with Gasteiger partial charge in [0, 0.05) is 23.9 Å². The van der Waals surface area contributed by atoms with Gasteiger partial charge in [0.25, 0.3) is 0 Å². The van der Waals surface area contributed by atoms with E-state index in [0.717, 1.165) is 12.8 Å². The molecule has 0 aliphatic rings. The highest BCUT2D eigenvalue weighted by molar-refractivity contribution is 6.30. The lowest BCUT2D eigenvalue weighted by Crippen LogP contribution is -2.33. The lowest BCUT2D eigenvalue weighted by molar-refractivity contribution is 0.237. The van der Waals surface area contributed by atoms with Crippen LogP contribution in [0.25, 0.3) is 0 Å². The fourth-order valence-electron chi connectivity index (χ4n) is 1.92. The van der Waals surface area contributed by atoms with Crippen molar-refractivity contribution in [1.29, 1.82) is 0 Å². The first-order chi connectivity index (χ1) is 9.15. The third kappa shape index (κ3) is 6.45. The molecule has 0 fully saturated rings. The van der Waals surface area contributed by atoms with Gasteiger partial charge in [-0.15, -0.1) is 0 Å². The summed E-state index contributed by atoms with van der Waals surface area (Å²) < 4.78 is 0. The minimum atomic E-state index is -0.249. The molecule has 0 aromatic heterocycles. The number of aliphatic hydroxyl groups is 1. The van der Waals surface area contributed by atoms with Crippen molar-refractivity contribution in [3.63, 3.8) is 0 Å². The molecule has 0 saturated heterocycles. The van der Waals surface area contributed by atoms with Gasteiger partial charge < -0.3 is 15.7 Å². The van der Waals surface area contributed by atoms with Gasteiger partial charge in [-0.3, -0.25) is 0 Å². The first-order valence-electron chi connectivity index (χ1n) is 6.57. The molecular formula is C14H21ClN2O2. The number of aliphatic hydroxyl groups excluding tert-OH is 1. The summed E-state index contributed by atoms with van der Waals surface area (Å²) in [6.45, 7) is 2.82. The Bertz CT molecular complexity index is 393. The largest absolute Gasteiger partial charge is 0.396 e. The average molecular weight is 285 g/mol. The zero-order valence-electron chi connectivity index (χ0n) is 11.2. The first kappa shape index (κ1) is 15.8. The van der Waals surface area contributed by atoms with E-state index in [1.807, 2.05) is 0 Å². The number of benzene rings is 1. The van der Waals surface area contributed by atoms with E-state index >= 15 is 0 Å². The fraction of sp³-hybridized carbons (Fsp3) is 0.500. The smallest absolute Gasteiger partial charge is 0.319 e. The molecule has 0 heterocycles. The zero-order chi connectivity index (χ0) is 14.1. The number of hydrogen-bond donors (Lipinski definition) is 3. The highest BCUT2D eigenvalue weighted by Gasteiger charge is 2.09. The monoisotopic (exact) mass is 284 g/mol. The van der Waals surface area contributed by atoms with Crippen LogP contribution in [-0.2, 0) is 0 Å². The Morgan fingerprint density at radius 3 is 2.84 bits per heavy atom. The van der Waals surface area contributed by atoms with Gasteiger partial charge in [-0.05, 0) is 37.0 Å². The number of rotatable bonds is 7. The molecule has 5 heteroatoms. The van der Waals surface area contributed by atoms with Gasteiger partial charge in [0.05, 0.1) is 0 Å². The number of urea groups is 1. The van der Waals surface area contributed by atoms with E-state index in [1.54, 1.807) is 24.3 Å². The SMILES string of the molecule is CCCC(CCO)CNC(=O)Nc1cccc(Cl)c1. The maximum absolute atomic E-state index is 11.7. The van der Waals surface area contributed by atoms with Gasteiger partial charge in [0.2, 0.25) is 0 Å². The van der Waals surface area contributed by atoms with Crippen LogP contribution in [0.1, 0.15) is 26.2 Å². The molecule has 1 rings (SSSR count). The van der Waals surface area contributed by atoms with Crippen molar-refractivity contribution >= 4 is 23.3 Å². The van der Waals surface area contributed by atoms with Crippen LogP contribution in [0.15, 0.2) is 24.3 Å².